The average Bonchev–Trinajstić information content (AvgIpc) is 2.46. The molecule has 1 N–H and O–H groups in total. The summed E-state index contributed by atoms with van der Waals surface area (Å²) in [6.07, 6.45) is 0. The van der Waals surface area contributed by atoms with E-state index in [1.54, 1.807) is 0 Å². The SMILES string of the molecule is COc1nc(C(=O)O)oc1C(C)(C)C. The van der Waals surface area contributed by atoms with Gasteiger partial charge in [0.05, 0.1) is 7.11 Å². The van der Waals surface area contributed by atoms with Gasteiger partial charge in [0.2, 0.25) is 0 Å². The van der Waals surface area contributed by atoms with Gasteiger partial charge in [-0.15, -0.1) is 0 Å². The molecule has 0 amide bonds. The van der Waals surface area contributed by atoms with Gasteiger partial charge in [-0.2, -0.15) is 4.98 Å². The van der Waals surface area contributed by atoms with E-state index in [9.17, 15) is 4.79 Å². The topological polar surface area (TPSA) is 72.6 Å². The molecule has 0 radical (unpaired) electrons. The van der Waals surface area contributed by atoms with Gasteiger partial charge in [-0.1, -0.05) is 20.8 Å². The summed E-state index contributed by atoms with van der Waals surface area (Å²) >= 11 is 0. The summed E-state index contributed by atoms with van der Waals surface area (Å²) in [7, 11) is 1.43. The quantitative estimate of drug-likeness (QED) is 0.784. The highest BCUT2D eigenvalue weighted by atomic mass is 16.5. The van der Waals surface area contributed by atoms with Crippen molar-refractivity contribution in [1.82, 2.24) is 4.98 Å². The lowest BCUT2D eigenvalue weighted by Gasteiger charge is -2.14. The van der Waals surface area contributed by atoms with Crippen molar-refractivity contribution in [3.05, 3.63) is 11.7 Å². The number of carbonyl (C=O) groups is 1. The second-order valence-corrected chi connectivity index (χ2v) is 3.91. The molecule has 14 heavy (non-hydrogen) atoms. The maximum Gasteiger partial charge on any atom is 0.392 e. The molecule has 0 aliphatic rings. The van der Waals surface area contributed by atoms with E-state index in [0.29, 0.717) is 5.76 Å². The minimum atomic E-state index is -1.20. The van der Waals surface area contributed by atoms with Gasteiger partial charge in [0, 0.05) is 5.41 Å². The van der Waals surface area contributed by atoms with E-state index in [-0.39, 0.29) is 17.2 Å². The fraction of sp³-hybridized carbons (Fsp3) is 0.556. The number of hydrogen-bond donors (Lipinski definition) is 1. The molecule has 5 heteroatoms. The van der Waals surface area contributed by atoms with Gasteiger partial charge in [-0.3, -0.25) is 0 Å². The van der Waals surface area contributed by atoms with Crippen molar-refractivity contribution in [2.24, 2.45) is 0 Å². The van der Waals surface area contributed by atoms with Crippen LogP contribution in [0.2, 0.25) is 0 Å². The van der Waals surface area contributed by atoms with E-state index in [1.165, 1.54) is 7.11 Å². The number of hydrogen-bond acceptors (Lipinski definition) is 4. The predicted octanol–water partition coefficient (Wildman–Crippen LogP) is 1.68. The van der Waals surface area contributed by atoms with Gasteiger partial charge in [-0.05, 0) is 0 Å². The van der Waals surface area contributed by atoms with Crippen LogP contribution in [-0.4, -0.2) is 23.2 Å². The lowest BCUT2D eigenvalue weighted by Crippen LogP contribution is -2.11. The van der Waals surface area contributed by atoms with Gasteiger partial charge in [0.15, 0.2) is 5.76 Å². The zero-order chi connectivity index (χ0) is 10.9. The highest BCUT2D eigenvalue weighted by Crippen LogP contribution is 2.31. The van der Waals surface area contributed by atoms with Crippen molar-refractivity contribution in [1.29, 1.82) is 0 Å². The fourth-order valence-corrected chi connectivity index (χ4v) is 1.01. The maximum absolute atomic E-state index is 10.6. The molecule has 1 rings (SSSR count). The van der Waals surface area contributed by atoms with E-state index in [2.05, 4.69) is 4.98 Å². The first-order valence-corrected chi connectivity index (χ1v) is 4.15. The number of ether oxygens (including phenoxy) is 1. The summed E-state index contributed by atoms with van der Waals surface area (Å²) in [6.45, 7) is 5.67. The first-order valence-electron chi connectivity index (χ1n) is 4.15. The van der Waals surface area contributed by atoms with Crippen LogP contribution in [0.5, 0.6) is 5.88 Å². The van der Waals surface area contributed by atoms with Crippen molar-refractivity contribution in [3.8, 4) is 5.88 Å². The van der Waals surface area contributed by atoms with E-state index in [0.717, 1.165) is 0 Å². The Morgan fingerprint density at radius 1 is 1.50 bits per heavy atom. The highest BCUT2D eigenvalue weighted by Gasteiger charge is 2.28. The van der Waals surface area contributed by atoms with Crippen LogP contribution in [0.1, 0.15) is 37.2 Å². The molecule has 78 valence electrons. The van der Waals surface area contributed by atoms with E-state index in [1.807, 2.05) is 20.8 Å². The third kappa shape index (κ3) is 1.86. The molecule has 0 fully saturated rings. The summed E-state index contributed by atoms with van der Waals surface area (Å²) in [5, 5.41) is 8.67. The Morgan fingerprint density at radius 3 is 2.36 bits per heavy atom. The van der Waals surface area contributed by atoms with Gasteiger partial charge in [-0.25, -0.2) is 4.79 Å². The summed E-state index contributed by atoms with van der Waals surface area (Å²) < 4.78 is 10.0. The summed E-state index contributed by atoms with van der Waals surface area (Å²) in [4.78, 5) is 14.3. The lowest BCUT2D eigenvalue weighted by molar-refractivity contribution is 0.0650. The fourth-order valence-electron chi connectivity index (χ4n) is 1.01. The van der Waals surface area contributed by atoms with Crippen LogP contribution < -0.4 is 4.74 Å². The first-order chi connectivity index (χ1) is 6.36. The molecule has 0 aromatic carbocycles. The first kappa shape index (κ1) is 10.6. The highest BCUT2D eigenvalue weighted by molar-refractivity contribution is 5.82. The predicted molar refractivity (Wildman–Crippen MR) is 48.7 cm³/mol. The van der Waals surface area contributed by atoms with Crippen molar-refractivity contribution < 1.29 is 19.1 Å². The number of rotatable bonds is 2. The molecule has 0 unspecified atom stereocenters. The molecule has 0 spiro atoms. The van der Waals surface area contributed by atoms with Gasteiger partial charge in [0.25, 0.3) is 5.88 Å². The third-order valence-electron chi connectivity index (χ3n) is 1.65. The largest absolute Gasteiger partial charge is 0.478 e. The van der Waals surface area contributed by atoms with Crippen LogP contribution in [0.3, 0.4) is 0 Å². The molecule has 0 saturated carbocycles. The zero-order valence-corrected chi connectivity index (χ0v) is 8.62. The number of methoxy groups -OCH3 is 1. The Morgan fingerprint density at radius 2 is 2.07 bits per heavy atom. The van der Waals surface area contributed by atoms with Crippen LogP contribution in [0.25, 0.3) is 0 Å². The molecule has 0 saturated heterocycles. The van der Waals surface area contributed by atoms with Gasteiger partial charge in [0.1, 0.15) is 0 Å². The average molecular weight is 199 g/mol. The number of oxazole rings is 1. The molecule has 1 aromatic rings. The van der Waals surface area contributed by atoms with Crippen molar-refractivity contribution in [2.45, 2.75) is 26.2 Å². The molecule has 0 atom stereocenters. The third-order valence-corrected chi connectivity index (χ3v) is 1.65. The second-order valence-electron chi connectivity index (χ2n) is 3.91. The summed E-state index contributed by atoms with van der Waals surface area (Å²) in [6, 6.07) is 0. The second kappa shape index (κ2) is 3.32. The molecule has 0 aliphatic heterocycles. The van der Waals surface area contributed by atoms with Crippen molar-refractivity contribution in [2.75, 3.05) is 7.11 Å². The minimum absolute atomic E-state index is 0.231. The maximum atomic E-state index is 10.6. The van der Waals surface area contributed by atoms with Crippen LogP contribution >= 0.6 is 0 Å². The van der Waals surface area contributed by atoms with Crippen molar-refractivity contribution >= 4 is 5.97 Å². The Hall–Kier alpha value is -1.52. The van der Waals surface area contributed by atoms with Crippen LogP contribution in [-0.2, 0) is 5.41 Å². The van der Waals surface area contributed by atoms with E-state index in [4.69, 9.17) is 14.3 Å². The molecule has 1 aromatic heterocycles. The van der Waals surface area contributed by atoms with Gasteiger partial charge >= 0.3 is 11.9 Å². The standard InChI is InChI=1S/C9H13NO4/c1-9(2,3)5-6(13-4)10-7(14-5)8(11)12/h1-4H3,(H,11,12). The molecule has 0 bridgehead atoms. The number of aromatic carboxylic acids is 1. The van der Waals surface area contributed by atoms with E-state index >= 15 is 0 Å². The smallest absolute Gasteiger partial charge is 0.392 e. The zero-order valence-electron chi connectivity index (χ0n) is 8.62. The van der Waals surface area contributed by atoms with Crippen molar-refractivity contribution in [3.63, 3.8) is 0 Å². The van der Waals surface area contributed by atoms with Crippen LogP contribution in [0.4, 0.5) is 0 Å². The normalized spacial score (nSPS) is 11.4. The van der Waals surface area contributed by atoms with E-state index < -0.39 is 5.97 Å². The van der Waals surface area contributed by atoms with Crippen LogP contribution in [0.15, 0.2) is 4.42 Å². The monoisotopic (exact) mass is 199 g/mol. The molecular formula is C9H13NO4. The number of nitrogens with zero attached hydrogens (tertiary/aromatic N) is 1. The number of carboxylic acid groups (broad SMARTS) is 1. The Kier molecular flexibility index (Phi) is 2.51. The summed E-state index contributed by atoms with van der Waals surface area (Å²) in [5.41, 5.74) is -0.327. The Labute approximate surface area is 81.7 Å². The Bertz CT molecular complexity index is 348. The minimum Gasteiger partial charge on any atom is -0.478 e. The number of carboxylic acids is 1. The molecule has 5 nitrogen and oxygen atoms in total. The number of aromatic nitrogens is 1. The summed E-state index contributed by atoms with van der Waals surface area (Å²) in [5.74, 6) is -0.863. The lowest BCUT2D eigenvalue weighted by atomic mass is 9.94. The van der Waals surface area contributed by atoms with Gasteiger partial charge < -0.3 is 14.3 Å². The molecular weight excluding hydrogens is 186 g/mol. The molecule has 0 aliphatic carbocycles. The van der Waals surface area contributed by atoms with Crippen LogP contribution in [0, 0.1) is 0 Å². The Balaban J connectivity index is 3.22. The molecule has 1 heterocycles.